The predicted molar refractivity (Wildman–Crippen MR) is 122 cm³/mol. The van der Waals surface area contributed by atoms with Crippen molar-refractivity contribution in [2.24, 2.45) is 0 Å². The van der Waals surface area contributed by atoms with Crippen molar-refractivity contribution in [2.45, 2.75) is 51.6 Å². The fraction of sp³-hybridized carbons (Fsp3) is 0.391. The Morgan fingerprint density at radius 3 is 2.88 bits per heavy atom. The van der Waals surface area contributed by atoms with Gasteiger partial charge < -0.3 is 9.47 Å². The highest BCUT2D eigenvalue weighted by Crippen LogP contribution is 2.35. The quantitative estimate of drug-likeness (QED) is 0.557. The lowest BCUT2D eigenvalue weighted by molar-refractivity contribution is 0.0436. The summed E-state index contributed by atoms with van der Waals surface area (Å²) in [6.45, 7) is 4.54. The van der Waals surface area contributed by atoms with Gasteiger partial charge in [0, 0.05) is 24.7 Å². The summed E-state index contributed by atoms with van der Waals surface area (Å²) in [4.78, 5) is 28.3. The van der Waals surface area contributed by atoms with Crippen LogP contribution in [0.4, 0.5) is 4.39 Å². The number of aromatic nitrogens is 3. The fourth-order valence-corrected chi connectivity index (χ4v) is 5.89. The summed E-state index contributed by atoms with van der Waals surface area (Å²) >= 11 is 7.13. The van der Waals surface area contributed by atoms with Crippen LogP contribution in [0, 0.1) is 12.7 Å². The van der Waals surface area contributed by atoms with Gasteiger partial charge in [0.2, 0.25) is 0 Å². The first-order valence-corrected chi connectivity index (χ1v) is 11.9. The number of nitrogens with zero attached hydrogens (tertiary/aromatic N) is 4. The minimum Gasteiger partial charge on any atom is -0.337 e. The van der Waals surface area contributed by atoms with Gasteiger partial charge in [-0.05, 0) is 44.7 Å². The number of hydrogen-bond donors (Lipinski definition) is 0. The minimum atomic E-state index is -0.472. The van der Waals surface area contributed by atoms with Crippen molar-refractivity contribution in [3.63, 3.8) is 0 Å². The van der Waals surface area contributed by atoms with Crippen molar-refractivity contribution < 1.29 is 9.18 Å². The van der Waals surface area contributed by atoms with Crippen LogP contribution >= 0.6 is 22.9 Å². The van der Waals surface area contributed by atoms with Gasteiger partial charge in [0.05, 0.1) is 22.7 Å². The number of halogens is 2. The van der Waals surface area contributed by atoms with Crippen molar-refractivity contribution in [1.82, 2.24) is 19.7 Å². The smallest absolute Gasteiger partial charge is 0.271 e. The Morgan fingerprint density at radius 1 is 1.25 bits per heavy atom. The zero-order chi connectivity index (χ0) is 22.6. The molecule has 4 heterocycles. The van der Waals surface area contributed by atoms with E-state index in [4.69, 9.17) is 11.6 Å². The van der Waals surface area contributed by atoms with Crippen LogP contribution in [-0.2, 0) is 6.42 Å². The third-order valence-corrected chi connectivity index (χ3v) is 7.79. The van der Waals surface area contributed by atoms with E-state index < -0.39 is 5.82 Å². The molecule has 1 fully saturated rings. The van der Waals surface area contributed by atoms with Gasteiger partial charge in [0.1, 0.15) is 16.5 Å². The zero-order valence-corrected chi connectivity index (χ0v) is 19.3. The number of pyridine rings is 1. The third kappa shape index (κ3) is 3.36. The fourth-order valence-electron chi connectivity index (χ4n) is 4.82. The SMILES string of the molecule is Cc1c2n(cc(-c3nnc(Cc4cccc(Cl)c4F)s3)c1=O)C(C)C1CCCCN1C2=O. The first-order valence-electron chi connectivity index (χ1n) is 10.7. The van der Waals surface area contributed by atoms with Crippen LogP contribution in [0.5, 0.6) is 0 Å². The monoisotopic (exact) mass is 472 g/mol. The van der Waals surface area contributed by atoms with E-state index >= 15 is 0 Å². The number of carbonyl (C=O) groups is 1. The molecule has 0 saturated carbocycles. The standard InChI is InChI=1S/C23H22ClFN4O2S/c1-12-20-23(31)28-9-4-3-8-17(28)13(2)29(20)11-15(21(12)30)22-27-26-18(32-22)10-14-6-5-7-16(24)19(14)25/h5-7,11,13,17H,3-4,8-10H2,1-2H3. The second-order valence-corrected chi connectivity index (χ2v) is 9.91. The second-order valence-electron chi connectivity index (χ2n) is 8.45. The number of rotatable bonds is 3. The highest BCUT2D eigenvalue weighted by atomic mass is 35.5. The normalized spacial score (nSPS) is 20.2. The van der Waals surface area contributed by atoms with E-state index in [0.717, 1.165) is 25.8 Å². The molecule has 2 unspecified atom stereocenters. The van der Waals surface area contributed by atoms with Crippen molar-refractivity contribution in [1.29, 1.82) is 0 Å². The van der Waals surface area contributed by atoms with Crippen LogP contribution in [0.1, 0.15) is 58.9 Å². The average molecular weight is 473 g/mol. The summed E-state index contributed by atoms with van der Waals surface area (Å²) in [7, 11) is 0. The van der Waals surface area contributed by atoms with Gasteiger partial charge in [-0.1, -0.05) is 35.1 Å². The summed E-state index contributed by atoms with van der Waals surface area (Å²) in [6.07, 6.45) is 5.04. The largest absolute Gasteiger partial charge is 0.337 e. The van der Waals surface area contributed by atoms with Gasteiger partial charge in [-0.15, -0.1) is 10.2 Å². The summed E-state index contributed by atoms with van der Waals surface area (Å²) in [5, 5.41) is 9.51. The van der Waals surface area contributed by atoms with E-state index in [1.807, 2.05) is 9.47 Å². The molecular weight excluding hydrogens is 451 g/mol. The molecule has 2 aromatic heterocycles. The molecule has 1 aromatic carbocycles. The second kappa shape index (κ2) is 8.08. The zero-order valence-electron chi connectivity index (χ0n) is 17.8. The molecule has 1 amide bonds. The number of piperidine rings is 1. The van der Waals surface area contributed by atoms with Crippen LogP contribution in [0.2, 0.25) is 5.02 Å². The number of amides is 1. The molecule has 2 atom stereocenters. The molecule has 32 heavy (non-hydrogen) atoms. The maximum Gasteiger partial charge on any atom is 0.271 e. The Morgan fingerprint density at radius 2 is 2.06 bits per heavy atom. The summed E-state index contributed by atoms with van der Waals surface area (Å²) < 4.78 is 16.2. The molecule has 1 saturated heterocycles. The Hall–Kier alpha value is -2.58. The maximum atomic E-state index is 14.3. The van der Waals surface area contributed by atoms with Gasteiger partial charge in [-0.25, -0.2) is 4.39 Å². The highest BCUT2D eigenvalue weighted by molar-refractivity contribution is 7.14. The number of hydrogen-bond acceptors (Lipinski definition) is 5. The summed E-state index contributed by atoms with van der Waals surface area (Å²) in [5.41, 5.74) is 1.53. The number of benzene rings is 1. The molecule has 0 aliphatic carbocycles. The topological polar surface area (TPSA) is 68.1 Å². The van der Waals surface area contributed by atoms with E-state index in [9.17, 15) is 14.0 Å². The minimum absolute atomic E-state index is 0.0613. The number of fused-ring (bicyclic) bond motifs is 2. The molecule has 0 bridgehead atoms. The van der Waals surface area contributed by atoms with Crippen LogP contribution in [0.15, 0.2) is 29.2 Å². The van der Waals surface area contributed by atoms with Gasteiger partial charge in [0.25, 0.3) is 5.91 Å². The summed E-state index contributed by atoms with van der Waals surface area (Å²) in [5.74, 6) is -0.539. The van der Waals surface area contributed by atoms with Crippen molar-refractivity contribution in [3.05, 3.63) is 67.3 Å². The molecule has 9 heteroatoms. The Bertz CT molecular complexity index is 1290. The van der Waals surface area contributed by atoms with Crippen LogP contribution < -0.4 is 5.43 Å². The molecule has 2 aliphatic rings. The maximum absolute atomic E-state index is 14.3. The summed E-state index contributed by atoms with van der Waals surface area (Å²) in [6, 6.07) is 5.04. The van der Waals surface area contributed by atoms with E-state index in [1.54, 1.807) is 25.3 Å². The Labute approximate surface area is 193 Å². The van der Waals surface area contributed by atoms with Crippen LogP contribution in [0.25, 0.3) is 10.6 Å². The van der Waals surface area contributed by atoms with Gasteiger partial charge in [-0.3, -0.25) is 9.59 Å². The van der Waals surface area contributed by atoms with Gasteiger partial charge in [-0.2, -0.15) is 0 Å². The molecule has 2 aliphatic heterocycles. The van der Waals surface area contributed by atoms with Gasteiger partial charge >= 0.3 is 0 Å². The molecule has 0 radical (unpaired) electrons. The van der Waals surface area contributed by atoms with Crippen molar-refractivity contribution >= 4 is 28.8 Å². The van der Waals surface area contributed by atoms with Crippen molar-refractivity contribution in [3.8, 4) is 10.6 Å². The molecule has 3 aromatic rings. The third-order valence-electron chi connectivity index (χ3n) is 6.55. The van der Waals surface area contributed by atoms with Gasteiger partial charge in [0.15, 0.2) is 10.4 Å². The predicted octanol–water partition coefficient (Wildman–Crippen LogP) is 4.63. The van der Waals surface area contributed by atoms with E-state index in [-0.39, 0.29) is 34.9 Å². The number of carbonyl (C=O) groups excluding carboxylic acids is 1. The Kier molecular flexibility index (Phi) is 5.37. The first-order chi connectivity index (χ1) is 15.4. The van der Waals surface area contributed by atoms with Crippen molar-refractivity contribution in [2.75, 3.05) is 6.54 Å². The highest BCUT2D eigenvalue weighted by Gasteiger charge is 2.40. The van der Waals surface area contributed by atoms with E-state index in [1.165, 1.54) is 17.4 Å². The average Bonchev–Trinajstić information content (AvgIpc) is 3.25. The first kappa shape index (κ1) is 21.3. The molecular formula is C23H22ClFN4O2S. The van der Waals surface area contributed by atoms with E-state index in [0.29, 0.717) is 32.4 Å². The molecule has 166 valence electrons. The Balaban J connectivity index is 1.54. The molecule has 5 rings (SSSR count). The van der Waals surface area contributed by atoms with E-state index in [2.05, 4.69) is 17.1 Å². The lowest BCUT2D eigenvalue weighted by Crippen LogP contribution is -2.53. The lowest BCUT2D eigenvalue weighted by atomic mass is 9.91. The lowest BCUT2D eigenvalue weighted by Gasteiger charge is -2.45. The molecule has 6 nitrogen and oxygen atoms in total. The van der Waals surface area contributed by atoms with Crippen LogP contribution in [0.3, 0.4) is 0 Å². The molecule has 0 spiro atoms. The molecule has 0 N–H and O–H groups in total. The van der Waals surface area contributed by atoms with Crippen LogP contribution in [-0.4, -0.2) is 38.2 Å².